The van der Waals surface area contributed by atoms with Crippen LogP contribution >= 0.6 is 11.8 Å². The average molecular weight is 281 g/mol. The van der Waals surface area contributed by atoms with Gasteiger partial charge in [0.25, 0.3) is 0 Å². The fourth-order valence-corrected chi connectivity index (χ4v) is 2.68. The SMILES string of the molecule is CS/C(=C/C(=C(C#N)C#N)c1ccccc1)N1CCC1. The van der Waals surface area contributed by atoms with Crippen LogP contribution in [0.25, 0.3) is 5.57 Å². The lowest BCUT2D eigenvalue weighted by Crippen LogP contribution is -2.35. The molecule has 0 aromatic heterocycles. The summed E-state index contributed by atoms with van der Waals surface area (Å²) in [5.41, 5.74) is 1.76. The third-order valence-corrected chi connectivity index (χ3v) is 4.02. The Labute approximate surface area is 123 Å². The molecular formula is C16H15N3S. The van der Waals surface area contributed by atoms with Crippen molar-refractivity contribution in [2.24, 2.45) is 0 Å². The highest BCUT2D eigenvalue weighted by atomic mass is 32.2. The quantitative estimate of drug-likeness (QED) is 0.627. The molecule has 100 valence electrons. The number of benzene rings is 1. The normalized spacial score (nSPS) is 13.9. The lowest BCUT2D eigenvalue weighted by Gasteiger charge is -2.34. The molecule has 20 heavy (non-hydrogen) atoms. The molecule has 0 unspecified atom stereocenters. The molecule has 0 spiro atoms. The van der Waals surface area contributed by atoms with Gasteiger partial charge in [-0.05, 0) is 24.3 Å². The number of hydrogen-bond acceptors (Lipinski definition) is 4. The zero-order valence-corrected chi connectivity index (χ0v) is 12.2. The number of thioether (sulfide) groups is 1. The lowest BCUT2D eigenvalue weighted by atomic mass is 10.0. The van der Waals surface area contributed by atoms with Crippen molar-refractivity contribution >= 4 is 17.3 Å². The molecule has 0 aliphatic carbocycles. The van der Waals surface area contributed by atoms with E-state index >= 15 is 0 Å². The average Bonchev–Trinajstić information content (AvgIpc) is 2.45. The fraction of sp³-hybridized carbons (Fsp3) is 0.250. The van der Waals surface area contributed by atoms with Gasteiger partial charge in [0.15, 0.2) is 0 Å². The Hall–Kier alpha value is -2.17. The van der Waals surface area contributed by atoms with Crippen molar-refractivity contribution < 1.29 is 0 Å². The first-order valence-electron chi connectivity index (χ1n) is 6.40. The van der Waals surface area contributed by atoms with E-state index in [1.54, 1.807) is 11.8 Å². The third kappa shape index (κ3) is 3.04. The van der Waals surface area contributed by atoms with E-state index in [-0.39, 0.29) is 5.57 Å². The fourth-order valence-electron chi connectivity index (χ4n) is 2.00. The van der Waals surface area contributed by atoms with Crippen LogP contribution in [0.3, 0.4) is 0 Å². The first-order chi connectivity index (χ1) is 9.80. The summed E-state index contributed by atoms with van der Waals surface area (Å²) < 4.78 is 0. The van der Waals surface area contributed by atoms with Crippen LogP contribution in [0.5, 0.6) is 0 Å². The summed E-state index contributed by atoms with van der Waals surface area (Å²) in [6.45, 7) is 2.09. The Morgan fingerprint density at radius 1 is 1.20 bits per heavy atom. The summed E-state index contributed by atoms with van der Waals surface area (Å²) in [6.07, 6.45) is 5.18. The Balaban J connectivity index is 2.49. The number of rotatable bonds is 4. The van der Waals surface area contributed by atoms with Gasteiger partial charge in [-0.3, -0.25) is 0 Å². The van der Waals surface area contributed by atoms with Gasteiger partial charge in [-0.1, -0.05) is 30.3 Å². The largest absolute Gasteiger partial charge is 0.366 e. The first kappa shape index (κ1) is 14.2. The molecule has 3 nitrogen and oxygen atoms in total. The zero-order chi connectivity index (χ0) is 14.4. The van der Waals surface area contributed by atoms with Crippen molar-refractivity contribution in [1.29, 1.82) is 10.5 Å². The van der Waals surface area contributed by atoms with Gasteiger partial charge in [-0.2, -0.15) is 10.5 Å². The van der Waals surface area contributed by atoms with Gasteiger partial charge in [0.05, 0.1) is 5.03 Å². The molecule has 1 aromatic carbocycles. The van der Waals surface area contributed by atoms with Gasteiger partial charge in [-0.25, -0.2) is 0 Å². The lowest BCUT2D eigenvalue weighted by molar-refractivity contribution is 0.257. The number of likely N-dealkylation sites (tertiary alicyclic amines) is 1. The van der Waals surface area contributed by atoms with Crippen LogP contribution in [0.4, 0.5) is 0 Å². The molecule has 2 rings (SSSR count). The minimum absolute atomic E-state index is 0.156. The minimum Gasteiger partial charge on any atom is -0.366 e. The molecule has 0 amide bonds. The van der Waals surface area contributed by atoms with Crippen molar-refractivity contribution in [3.05, 3.63) is 52.6 Å². The Bertz CT molecular complexity index is 597. The van der Waals surface area contributed by atoms with Crippen molar-refractivity contribution in [1.82, 2.24) is 4.90 Å². The summed E-state index contributed by atoms with van der Waals surface area (Å²) in [5.74, 6) is 0. The van der Waals surface area contributed by atoms with Crippen molar-refractivity contribution in [2.75, 3.05) is 19.3 Å². The van der Waals surface area contributed by atoms with Gasteiger partial charge in [0.2, 0.25) is 0 Å². The van der Waals surface area contributed by atoms with E-state index in [0.29, 0.717) is 5.57 Å². The number of nitrogens with zero attached hydrogens (tertiary/aromatic N) is 3. The molecule has 1 saturated heterocycles. The highest BCUT2D eigenvalue weighted by Gasteiger charge is 2.18. The highest BCUT2D eigenvalue weighted by molar-refractivity contribution is 8.02. The van der Waals surface area contributed by atoms with E-state index < -0.39 is 0 Å². The molecule has 1 aliphatic heterocycles. The summed E-state index contributed by atoms with van der Waals surface area (Å²) in [6, 6.07) is 13.6. The second-order valence-electron chi connectivity index (χ2n) is 4.41. The molecule has 0 saturated carbocycles. The topological polar surface area (TPSA) is 50.8 Å². The highest BCUT2D eigenvalue weighted by Crippen LogP contribution is 2.29. The molecule has 1 heterocycles. The third-order valence-electron chi connectivity index (χ3n) is 3.22. The second kappa shape index (κ2) is 6.84. The molecule has 0 radical (unpaired) electrons. The van der Waals surface area contributed by atoms with E-state index in [0.717, 1.165) is 23.7 Å². The molecule has 0 bridgehead atoms. The summed E-state index contributed by atoms with van der Waals surface area (Å²) in [7, 11) is 0. The van der Waals surface area contributed by atoms with E-state index in [4.69, 9.17) is 0 Å². The molecule has 1 fully saturated rings. The predicted octanol–water partition coefficient (Wildman–Crippen LogP) is 3.40. The Morgan fingerprint density at radius 3 is 2.30 bits per heavy atom. The monoisotopic (exact) mass is 281 g/mol. The second-order valence-corrected chi connectivity index (χ2v) is 5.23. The van der Waals surface area contributed by atoms with Crippen LogP contribution in [0, 0.1) is 22.7 Å². The maximum atomic E-state index is 9.17. The smallest absolute Gasteiger partial charge is 0.137 e. The van der Waals surface area contributed by atoms with Gasteiger partial charge < -0.3 is 4.90 Å². The predicted molar refractivity (Wildman–Crippen MR) is 82.4 cm³/mol. The van der Waals surface area contributed by atoms with Gasteiger partial charge in [0, 0.05) is 18.7 Å². The number of allylic oxidation sites excluding steroid dienone is 3. The molecule has 4 heteroatoms. The van der Waals surface area contributed by atoms with Crippen LogP contribution in [-0.4, -0.2) is 24.2 Å². The van der Waals surface area contributed by atoms with Crippen LogP contribution in [-0.2, 0) is 0 Å². The maximum absolute atomic E-state index is 9.17. The van der Waals surface area contributed by atoms with E-state index in [9.17, 15) is 10.5 Å². The Morgan fingerprint density at radius 2 is 1.85 bits per heavy atom. The summed E-state index contributed by atoms with van der Waals surface area (Å²) in [5, 5.41) is 19.5. The standard InChI is InChI=1S/C16H15N3S/c1-20-16(19-8-5-9-19)10-15(14(11-17)12-18)13-6-3-2-4-7-13/h2-4,6-7,10H,5,8-9H2,1H3/b16-10+. The van der Waals surface area contributed by atoms with Crippen LogP contribution in [0.15, 0.2) is 47.0 Å². The van der Waals surface area contributed by atoms with Crippen LogP contribution in [0.2, 0.25) is 0 Å². The van der Waals surface area contributed by atoms with E-state index in [2.05, 4.69) is 4.90 Å². The van der Waals surface area contributed by atoms with Crippen molar-refractivity contribution in [3.63, 3.8) is 0 Å². The summed E-state index contributed by atoms with van der Waals surface area (Å²) >= 11 is 1.65. The number of hydrogen-bond donors (Lipinski definition) is 0. The van der Waals surface area contributed by atoms with E-state index in [1.165, 1.54) is 6.42 Å². The van der Waals surface area contributed by atoms with Gasteiger partial charge in [-0.15, -0.1) is 11.8 Å². The maximum Gasteiger partial charge on any atom is 0.137 e. The molecular weight excluding hydrogens is 266 g/mol. The Kier molecular flexibility index (Phi) is 4.87. The van der Waals surface area contributed by atoms with Gasteiger partial charge >= 0.3 is 0 Å². The molecule has 1 aliphatic rings. The minimum atomic E-state index is 0.156. The van der Waals surface area contributed by atoms with Crippen LogP contribution < -0.4 is 0 Å². The zero-order valence-electron chi connectivity index (χ0n) is 11.3. The number of nitriles is 2. The molecule has 0 N–H and O–H groups in total. The van der Waals surface area contributed by atoms with Crippen LogP contribution in [0.1, 0.15) is 12.0 Å². The summed E-state index contributed by atoms with van der Waals surface area (Å²) in [4.78, 5) is 2.26. The molecule has 0 atom stereocenters. The molecule has 1 aromatic rings. The first-order valence-corrected chi connectivity index (χ1v) is 7.63. The van der Waals surface area contributed by atoms with Crippen molar-refractivity contribution in [2.45, 2.75) is 6.42 Å². The van der Waals surface area contributed by atoms with Crippen molar-refractivity contribution in [3.8, 4) is 12.1 Å². The van der Waals surface area contributed by atoms with Gasteiger partial charge in [0.1, 0.15) is 17.7 Å². The van der Waals surface area contributed by atoms with E-state index in [1.807, 2.05) is 54.8 Å².